The molecule has 1 aromatic rings. The molecule has 0 radical (unpaired) electrons. The van der Waals surface area contributed by atoms with Gasteiger partial charge < -0.3 is 9.64 Å². The Balaban J connectivity index is 1.76. The van der Waals surface area contributed by atoms with Crippen LogP contribution in [0.15, 0.2) is 23.1 Å². The Morgan fingerprint density at radius 2 is 1.88 bits per heavy atom. The first-order valence-electron chi connectivity index (χ1n) is 9.06. The Morgan fingerprint density at radius 3 is 2.54 bits per heavy atom. The maximum absolute atomic E-state index is 13.1. The molecule has 132 valence electrons. The normalized spacial score (nSPS) is 30.3. The highest BCUT2D eigenvalue weighted by molar-refractivity contribution is 7.89. The second kappa shape index (κ2) is 5.92. The first-order chi connectivity index (χ1) is 11.5. The molecule has 1 aromatic carbocycles. The summed E-state index contributed by atoms with van der Waals surface area (Å²) in [4.78, 5) is 2.68. The Labute approximate surface area is 144 Å². The Hall–Kier alpha value is -1.27. The molecule has 0 unspecified atom stereocenters. The Morgan fingerprint density at radius 1 is 1.08 bits per heavy atom. The lowest BCUT2D eigenvalue weighted by Crippen LogP contribution is -2.38. The number of benzene rings is 1. The van der Waals surface area contributed by atoms with Crippen molar-refractivity contribution in [1.29, 1.82) is 0 Å². The molecule has 1 saturated carbocycles. The highest BCUT2D eigenvalue weighted by Gasteiger charge is 2.40. The van der Waals surface area contributed by atoms with Crippen LogP contribution in [0.3, 0.4) is 0 Å². The maximum atomic E-state index is 13.1. The zero-order chi connectivity index (χ0) is 16.9. The summed E-state index contributed by atoms with van der Waals surface area (Å²) in [6.07, 6.45) is 5.08. The van der Waals surface area contributed by atoms with Crippen molar-refractivity contribution in [3.05, 3.63) is 18.2 Å². The molecule has 6 heteroatoms. The van der Waals surface area contributed by atoms with E-state index in [4.69, 9.17) is 4.74 Å². The number of sulfonamides is 1. The Bertz CT molecular complexity index is 730. The van der Waals surface area contributed by atoms with Gasteiger partial charge in [0.05, 0.1) is 6.10 Å². The summed E-state index contributed by atoms with van der Waals surface area (Å²) in [5, 5.41) is 0. The SMILES string of the molecule is C[C@@H]1CCN(C2CC2)S(=O)(=O)c2ccc(N3CCC[C@H]3C)cc2O1. The zero-order valence-corrected chi connectivity index (χ0v) is 15.3. The third kappa shape index (κ3) is 2.80. The number of hydrogen-bond donors (Lipinski definition) is 0. The number of hydrogen-bond acceptors (Lipinski definition) is 4. The van der Waals surface area contributed by atoms with Crippen LogP contribution >= 0.6 is 0 Å². The van der Waals surface area contributed by atoms with E-state index in [1.165, 1.54) is 12.8 Å². The van der Waals surface area contributed by atoms with Gasteiger partial charge in [-0.15, -0.1) is 0 Å². The third-order valence-corrected chi connectivity index (χ3v) is 7.43. The summed E-state index contributed by atoms with van der Waals surface area (Å²) in [7, 11) is -3.47. The van der Waals surface area contributed by atoms with E-state index in [2.05, 4.69) is 11.8 Å². The van der Waals surface area contributed by atoms with Gasteiger partial charge in [0.1, 0.15) is 10.6 Å². The number of rotatable bonds is 2. The first-order valence-corrected chi connectivity index (χ1v) is 10.5. The van der Waals surface area contributed by atoms with Crippen LogP contribution in [0, 0.1) is 0 Å². The molecular formula is C18H26N2O3S. The second-order valence-electron chi connectivity index (χ2n) is 7.38. The van der Waals surface area contributed by atoms with Gasteiger partial charge in [0.2, 0.25) is 10.0 Å². The highest BCUT2D eigenvalue weighted by atomic mass is 32.2. The predicted octanol–water partition coefficient (Wildman–Crippen LogP) is 3.00. The summed E-state index contributed by atoms with van der Waals surface area (Å²) < 4.78 is 33.9. The molecule has 0 spiro atoms. The van der Waals surface area contributed by atoms with E-state index >= 15 is 0 Å². The third-order valence-electron chi connectivity index (χ3n) is 5.44. The summed E-state index contributed by atoms with van der Waals surface area (Å²) in [5.41, 5.74) is 1.07. The van der Waals surface area contributed by atoms with Gasteiger partial charge in [-0.25, -0.2) is 8.42 Å². The van der Waals surface area contributed by atoms with Gasteiger partial charge in [-0.05, 0) is 58.1 Å². The summed E-state index contributed by atoms with van der Waals surface area (Å²) >= 11 is 0. The molecule has 2 heterocycles. The van der Waals surface area contributed by atoms with Gasteiger partial charge in [0.25, 0.3) is 0 Å². The van der Waals surface area contributed by atoms with Crippen LogP contribution in [0.5, 0.6) is 5.75 Å². The summed E-state index contributed by atoms with van der Waals surface area (Å²) in [6.45, 7) is 5.83. The largest absolute Gasteiger partial charge is 0.489 e. The van der Waals surface area contributed by atoms with Crippen molar-refractivity contribution >= 4 is 15.7 Å². The van der Waals surface area contributed by atoms with E-state index in [9.17, 15) is 8.42 Å². The molecule has 0 N–H and O–H groups in total. The fourth-order valence-electron chi connectivity index (χ4n) is 3.87. The van der Waals surface area contributed by atoms with E-state index in [1.807, 2.05) is 19.1 Å². The van der Waals surface area contributed by atoms with E-state index in [0.717, 1.165) is 31.5 Å². The van der Waals surface area contributed by atoms with E-state index in [1.54, 1.807) is 10.4 Å². The monoisotopic (exact) mass is 350 g/mol. The molecular weight excluding hydrogens is 324 g/mol. The average Bonchev–Trinajstić information content (AvgIpc) is 3.26. The molecule has 0 amide bonds. The topological polar surface area (TPSA) is 49.9 Å². The lowest BCUT2D eigenvalue weighted by atomic mass is 10.2. The first kappa shape index (κ1) is 16.2. The molecule has 2 atom stereocenters. The van der Waals surface area contributed by atoms with Crippen molar-refractivity contribution in [3.8, 4) is 5.75 Å². The van der Waals surface area contributed by atoms with Crippen LogP contribution in [0.2, 0.25) is 0 Å². The quantitative estimate of drug-likeness (QED) is 0.823. The van der Waals surface area contributed by atoms with Crippen LogP contribution in [0.4, 0.5) is 5.69 Å². The van der Waals surface area contributed by atoms with Gasteiger partial charge in [-0.2, -0.15) is 4.31 Å². The molecule has 3 aliphatic rings. The van der Waals surface area contributed by atoms with Crippen molar-refractivity contribution in [2.75, 3.05) is 18.0 Å². The van der Waals surface area contributed by atoms with Crippen molar-refractivity contribution in [2.45, 2.75) is 69.0 Å². The van der Waals surface area contributed by atoms with Gasteiger partial charge in [0.15, 0.2) is 0 Å². The molecule has 0 aromatic heterocycles. The molecule has 2 aliphatic heterocycles. The minimum atomic E-state index is -3.47. The van der Waals surface area contributed by atoms with Gasteiger partial charge in [-0.1, -0.05) is 0 Å². The fourth-order valence-corrected chi connectivity index (χ4v) is 5.67. The summed E-state index contributed by atoms with van der Waals surface area (Å²) in [5.74, 6) is 0.518. The molecule has 24 heavy (non-hydrogen) atoms. The van der Waals surface area contributed by atoms with Crippen LogP contribution in [-0.4, -0.2) is 44.0 Å². The molecule has 0 bridgehead atoms. The van der Waals surface area contributed by atoms with Gasteiger partial charge >= 0.3 is 0 Å². The molecule has 1 saturated heterocycles. The fraction of sp³-hybridized carbons (Fsp3) is 0.667. The second-order valence-corrected chi connectivity index (χ2v) is 9.24. The molecule has 4 rings (SSSR count). The molecule has 2 fully saturated rings. The standard InChI is InChI=1S/C18H26N2O3S/c1-13-4-3-10-19(13)16-7-8-18-17(12-16)23-14(2)9-11-20(15-5-6-15)24(18,21)22/h7-8,12-15H,3-6,9-11H2,1-2H3/t13-,14-/m1/s1. The van der Waals surface area contributed by atoms with Crippen LogP contribution < -0.4 is 9.64 Å². The van der Waals surface area contributed by atoms with Crippen LogP contribution in [0.25, 0.3) is 0 Å². The summed E-state index contributed by atoms with van der Waals surface area (Å²) in [6, 6.07) is 6.30. The minimum Gasteiger partial charge on any atom is -0.489 e. The van der Waals surface area contributed by atoms with Crippen molar-refractivity contribution in [3.63, 3.8) is 0 Å². The lowest BCUT2D eigenvalue weighted by Gasteiger charge is -2.30. The van der Waals surface area contributed by atoms with Gasteiger partial charge in [-0.3, -0.25) is 0 Å². The minimum absolute atomic E-state index is 0.0201. The number of fused-ring (bicyclic) bond motifs is 1. The van der Waals surface area contributed by atoms with E-state index < -0.39 is 10.0 Å². The van der Waals surface area contributed by atoms with E-state index in [0.29, 0.717) is 23.2 Å². The number of ether oxygens (including phenoxy) is 1. The van der Waals surface area contributed by atoms with Gasteiger partial charge in [0, 0.05) is 36.9 Å². The average molecular weight is 350 g/mol. The number of nitrogens with zero attached hydrogens (tertiary/aromatic N) is 2. The molecule has 5 nitrogen and oxygen atoms in total. The smallest absolute Gasteiger partial charge is 0.247 e. The van der Waals surface area contributed by atoms with Crippen molar-refractivity contribution in [2.24, 2.45) is 0 Å². The predicted molar refractivity (Wildman–Crippen MR) is 94.1 cm³/mol. The van der Waals surface area contributed by atoms with Crippen LogP contribution in [-0.2, 0) is 10.0 Å². The number of anilines is 1. The Kier molecular flexibility index (Phi) is 4.00. The maximum Gasteiger partial charge on any atom is 0.247 e. The van der Waals surface area contributed by atoms with Crippen LogP contribution in [0.1, 0.15) is 46.0 Å². The highest BCUT2D eigenvalue weighted by Crippen LogP contribution is 2.39. The van der Waals surface area contributed by atoms with E-state index in [-0.39, 0.29) is 12.1 Å². The lowest BCUT2D eigenvalue weighted by molar-refractivity contribution is 0.186. The molecule has 1 aliphatic carbocycles. The van der Waals surface area contributed by atoms with Crippen molar-refractivity contribution < 1.29 is 13.2 Å². The van der Waals surface area contributed by atoms with Crippen molar-refractivity contribution in [1.82, 2.24) is 4.31 Å². The zero-order valence-electron chi connectivity index (χ0n) is 14.4.